The van der Waals surface area contributed by atoms with Crippen LogP contribution in [0.3, 0.4) is 0 Å². The fraction of sp³-hybridized carbons (Fsp3) is 0.364. The number of carbonyl (C=O) groups excluding carboxylic acids is 1. The molecule has 3 aromatic rings. The molecule has 0 unspecified atom stereocenters. The van der Waals surface area contributed by atoms with E-state index in [0.717, 1.165) is 59.0 Å². The molecular formula is C22H24BrClN4OS. The van der Waals surface area contributed by atoms with Gasteiger partial charge in [0.15, 0.2) is 0 Å². The fourth-order valence-electron chi connectivity index (χ4n) is 3.73. The van der Waals surface area contributed by atoms with Crippen molar-refractivity contribution in [3.8, 4) is 0 Å². The average Bonchev–Trinajstić information content (AvgIpc) is 3.29. The Bertz CT molecular complexity index is 1060. The lowest BCUT2D eigenvalue weighted by Gasteiger charge is -2.34. The first-order valence-electron chi connectivity index (χ1n) is 9.93. The Morgan fingerprint density at radius 3 is 2.57 bits per heavy atom. The van der Waals surface area contributed by atoms with E-state index >= 15 is 0 Å². The van der Waals surface area contributed by atoms with Crippen molar-refractivity contribution in [1.29, 1.82) is 0 Å². The summed E-state index contributed by atoms with van der Waals surface area (Å²) in [5, 5.41) is 7.24. The first kappa shape index (κ1) is 21.6. The molecular weight excluding hydrogens is 484 g/mol. The largest absolute Gasteiger partial charge is 0.335 e. The van der Waals surface area contributed by atoms with Gasteiger partial charge in [-0.05, 0) is 48.6 Å². The summed E-state index contributed by atoms with van der Waals surface area (Å²) >= 11 is 11.3. The molecule has 1 amide bonds. The van der Waals surface area contributed by atoms with E-state index in [-0.39, 0.29) is 5.91 Å². The highest BCUT2D eigenvalue weighted by Crippen LogP contribution is 2.23. The van der Waals surface area contributed by atoms with E-state index < -0.39 is 0 Å². The highest BCUT2D eigenvalue weighted by atomic mass is 79.9. The van der Waals surface area contributed by atoms with E-state index in [9.17, 15) is 4.79 Å². The molecule has 158 valence electrons. The number of halogens is 2. The van der Waals surface area contributed by atoms with E-state index in [1.807, 2.05) is 40.9 Å². The van der Waals surface area contributed by atoms with Gasteiger partial charge in [-0.25, -0.2) is 0 Å². The third kappa shape index (κ3) is 4.80. The smallest absolute Gasteiger partial charge is 0.264 e. The molecule has 0 radical (unpaired) electrons. The Kier molecular flexibility index (Phi) is 6.63. The van der Waals surface area contributed by atoms with Crippen molar-refractivity contribution in [3.05, 3.63) is 72.6 Å². The first-order valence-corrected chi connectivity index (χ1v) is 12.0. The van der Waals surface area contributed by atoms with Crippen LogP contribution in [0.25, 0.3) is 0 Å². The summed E-state index contributed by atoms with van der Waals surface area (Å²) in [6.45, 7) is 8.71. The lowest BCUT2D eigenvalue weighted by Crippen LogP contribution is -2.48. The molecule has 4 rings (SSSR count). The van der Waals surface area contributed by atoms with Crippen LogP contribution in [0.1, 0.15) is 32.2 Å². The summed E-state index contributed by atoms with van der Waals surface area (Å²) in [4.78, 5) is 18.1. The maximum Gasteiger partial charge on any atom is 0.264 e. The van der Waals surface area contributed by atoms with Gasteiger partial charge in [-0.3, -0.25) is 14.4 Å². The van der Waals surface area contributed by atoms with Crippen LogP contribution in [-0.4, -0.2) is 51.7 Å². The summed E-state index contributed by atoms with van der Waals surface area (Å²) < 4.78 is 3.00. The summed E-state index contributed by atoms with van der Waals surface area (Å²) in [6.07, 6.45) is 0. The van der Waals surface area contributed by atoms with E-state index in [1.165, 1.54) is 16.9 Å². The van der Waals surface area contributed by atoms with Crippen LogP contribution in [0, 0.1) is 13.8 Å². The van der Waals surface area contributed by atoms with Gasteiger partial charge in [0, 0.05) is 37.2 Å². The number of piperazine rings is 1. The molecule has 1 aliphatic heterocycles. The van der Waals surface area contributed by atoms with Crippen LogP contribution >= 0.6 is 38.9 Å². The maximum atomic E-state index is 13.0. The fourth-order valence-corrected chi connectivity index (χ4v) is 5.18. The highest BCUT2D eigenvalue weighted by Gasteiger charge is 2.23. The number of thiophene rings is 1. The quantitative estimate of drug-likeness (QED) is 0.489. The van der Waals surface area contributed by atoms with E-state index in [0.29, 0.717) is 11.6 Å². The third-order valence-electron chi connectivity index (χ3n) is 5.44. The summed E-state index contributed by atoms with van der Waals surface area (Å²) in [6, 6.07) is 10.4. The van der Waals surface area contributed by atoms with E-state index in [1.54, 1.807) is 0 Å². The molecule has 1 saturated heterocycles. The number of aromatic nitrogens is 2. The molecule has 1 aliphatic rings. The number of aryl methyl sites for hydroxylation is 1. The van der Waals surface area contributed by atoms with Gasteiger partial charge in [0.2, 0.25) is 0 Å². The van der Waals surface area contributed by atoms with Gasteiger partial charge in [-0.2, -0.15) is 5.10 Å². The van der Waals surface area contributed by atoms with Crippen molar-refractivity contribution in [2.75, 3.05) is 26.2 Å². The normalized spacial score (nSPS) is 15.0. The van der Waals surface area contributed by atoms with Crippen molar-refractivity contribution >= 4 is 44.8 Å². The second-order valence-electron chi connectivity index (χ2n) is 7.66. The molecule has 30 heavy (non-hydrogen) atoms. The molecule has 1 fully saturated rings. The van der Waals surface area contributed by atoms with E-state index in [4.69, 9.17) is 11.6 Å². The Balaban J connectivity index is 1.34. The topological polar surface area (TPSA) is 41.4 Å². The zero-order valence-electron chi connectivity index (χ0n) is 17.1. The molecule has 1 aromatic carbocycles. The summed E-state index contributed by atoms with van der Waals surface area (Å²) in [5.74, 6) is 0.125. The molecule has 0 atom stereocenters. The molecule has 0 bridgehead atoms. The summed E-state index contributed by atoms with van der Waals surface area (Å²) in [5.41, 5.74) is 4.16. The van der Waals surface area contributed by atoms with Gasteiger partial charge in [0.1, 0.15) is 0 Å². The van der Waals surface area contributed by atoms with Gasteiger partial charge < -0.3 is 4.90 Å². The van der Waals surface area contributed by atoms with Gasteiger partial charge in [-0.15, -0.1) is 11.3 Å². The molecule has 0 N–H and O–H groups in total. The molecule has 0 aliphatic carbocycles. The van der Waals surface area contributed by atoms with Crippen LogP contribution in [-0.2, 0) is 13.1 Å². The number of nitrogens with zero attached hydrogens (tertiary/aromatic N) is 4. The van der Waals surface area contributed by atoms with Crippen molar-refractivity contribution in [1.82, 2.24) is 19.6 Å². The van der Waals surface area contributed by atoms with Crippen LogP contribution < -0.4 is 0 Å². The van der Waals surface area contributed by atoms with Gasteiger partial charge in [-0.1, -0.05) is 39.7 Å². The molecule has 0 saturated carbocycles. The second-order valence-corrected chi connectivity index (χ2v) is 9.86. The molecule has 5 nitrogen and oxygen atoms in total. The molecule has 8 heteroatoms. The second kappa shape index (κ2) is 9.22. The SMILES string of the molecule is Cc1nn(Cc2csc(C(=O)N3CCN(Cc4cccc(Br)c4)CC3)c2)c(C)c1Cl. The Morgan fingerprint density at radius 1 is 1.13 bits per heavy atom. The summed E-state index contributed by atoms with van der Waals surface area (Å²) in [7, 11) is 0. The Morgan fingerprint density at radius 2 is 1.90 bits per heavy atom. The predicted molar refractivity (Wildman–Crippen MR) is 125 cm³/mol. The van der Waals surface area contributed by atoms with Crippen molar-refractivity contribution in [2.24, 2.45) is 0 Å². The van der Waals surface area contributed by atoms with Gasteiger partial charge in [0.25, 0.3) is 5.91 Å². The van der Waals surface area contributed by atoms with Crippen LogP contribution in [0.5, 0.6) is 0 Å². The zero-order valence-corrected chi connectivity index (χ0v) is 20.2. The Labute approximate surface area is 194 Å². The average molecular weight is 508 g/mol. The number of amides is 1. The number of carbonyl (C=O) groups is 1. The van der Waals surface area contributed by atoms with Crippen LogP contribution in [0.4, 0.5) is 0 Å². The van der Waals surface area contributed by atoms with E-state index in [2.05, 4.69) is 44.1 Å². The van der Waals surface area contributed by atoms with Gasteiger partial charge >= 0.3 is 0 Å². The van der Waals surface area contributed by atoms with Crippen molar-refractivity contribution in [3.63, 3.8) is 0 Å². The maximum absolute atomic E-state index is 13.0. The zero-order chi connectivity index (χ0) is 21.3. The number of hydrogen-bond donors (Lipinski definition) is 0. The van der Waals surface area contributed by atoms with Crippen molar-refractivity contribution < 1.29 is 4.79 Å². The third-order valence-corrected chi connectivity index (χ3v) is 7.45. The predicted octanol–water partition coefficient (Wildman–Crippen LogP) is 4.98. The lowest BCUT2D eigenvalue weighted by atomic mass is 10.2. The van der Waals surface area contributed by atoms with Gasteiger partial charge in [0.05, 0.1) is 27.8 Å². The van der Waals surface area contributed by atoms with Crippen molar-refractivity contribution in [2.45, 2.75) is 26.9 Å². The number of benzene rings is 1. The lowest BCUT2D eigenvalue weighted by molar-refractivity contribution is 0.0633. The standard InChI is InChI=1S/C22H24BrClN4OS/c1-15-21(24)16(2)28(25-15)13-18-11-20(30-14-18)22(29)27-8-6-26(7-9-27)12-17-4-3-5-19(23)10-17/h3-5,10-11,14H,6-9,12-13H2,1-2H3. The minimum atomic E-state index is 0.125. The number of rotatable bonds is 5. The molecule has 0 spiro atoms. The van der Waals surface area contributed by atoms with Crippen LogP contribution in [0.15, 0.2) is 40.2 Å². The Hall–Kier alpha value is -1.67. The molecule has 3 heterocycles. The van der Waals surface area contributed by atoms with Crippen LogP contribution in [0.2, 0.25) is 5.02 Å². The highest BCUT2D eigenvalue weighted by molar-refractivity contribution is 9.10. The number of hydrogen-bond acceptors (Lipinski definition) is 4. The monoisotopic (exact) mass is 506 g/mol. The minimum Gasteiger partial charge on any atom is -0.335 e. The molecule has 2 aromatic heterocycles. The minimum absolute atomic E-state index is 0.125. The first-order chi connectivity index (χ1) is 14.4.